The number of hydrogen-bond acceptors (Lipinski definition) is 5. The monoisotopic (exact) mass is 280 g/mol. The molecule has 1 aromatic carbocycles. The van der Waals surface area contributed by atoms with Crippen LogP contribution in [0.3, 0.4) is 0 Å². The summed E-state index contributed by atoms with van der Waals surface area (Å²) in [6.45, 7) is 1.64. The first-order valence-electron chi connectivity index (χ1n) is 5.33. The number of nitrogens with one attached hydrogen (secondary N) is 2. The van der Waals surface area contributed by atoms with Crippen LogP contribution >= 0.6 is 0 Å². The number of H-pyrrole nitrogens is 1. The van der Waals surface area contributed by atoms with Crippen LogP contribution in [0.4, 0.5) is 5.69 Å². The first-order valence-corrected chi connectivity index (χ1v) is 6.82. The summed E-state index contributed by atoms with van der Waals surface area (Å²) in [6.07, 6.45) is 2.51. The zero-order chi connectivity index (χ0) is 13.9. The van der Waals surface area contributed by atoms with E-state index in [1.165, 1.54) is 12.4 Å². The Kier molecular flexibility index (Phi) is 3.52. The average molecular weight is 280 g/mol. The van der Waals surface area contributed by atoms with Crippen LogP contribution in [0.1, 0.15) is 12.5 Å². The molecule has 0 spiro atoms. The van der Waals surface area contributed by atoms with E-state index >= 15 is 0 Å². The second-order valence-electron chi connectivity index (χ2n) is 3.80. The van der Waals surface area contributed by atoms with Gasteiger partial charge in [0.2, 0.25) is 0 Å². The minimum absolute atomic E-state index is 0.0599. The number of hydrogen-bond donors (Lipinski definition) is 3. The molecule has 0 fully saturated rings. The molecule has 1 aromatic heterocycles. The standard InChI is InChI=1S/C11H12N4O3S/c1-8(14-16)9-2-4-10(5-3-9)15-19(17,18)11-6-12-13-7-11/h2-7,15-16H,1H3,(H,12,13)/b14-8+. The number of oxime groups is 1. The highest BCUT2D eigenvalue weighted by atomic mass is 32.2. The Hall–Kier alpha value is -2.35. The van der Waals surface area contributed by atoms with Crippen molar-refractivity contribution in [1.29, 1.82) is 0 Å². The molecule has 0 bridgehead atoms. The van der Waals surface area contributed by atoms with E-state index in [4.69, 9.17) is 5.21 Å². The van der Waals surface area contributed by atoms with Gasteiger partial charge in [0.25, 0.3) is 10.0 Å². The molecule has 8 heteroatoms. The maximum Gasteiger partial charge on any atom is 0.265 e. The Morgan fingerprint density at radius 1 is 1.37 bits per heavy atom. The minimum atomic E-state index is -3.63. The Labute approximate surface area is 110 Å². The molecule has 0 saturated heterocycles. The van der Waals surface area contributed by atoms with Crippen molar-refractivity contribution in [2.24, 2.45) is 5.16 Å². The van der Waals surface area contributed by atoms with Crippen LogP contribution in [0.5, 0.6) is 0 Å². The molecule has 0 aliphatic rings. The van der Waals surface area contributed by atoms with Gasteiger partial charge < -0.3 is 5.21 Å². The highest BCUT2D eigenvalue weighted by Gasteiger charge is 2.15. The third-order valence-electron chi connectivity index (χ3n) is 2.49. The average Bonchev–Trinajstić information content (AvgIpc) is 2.93. The van der Waals surface area contributed by atoms with E-state index in [-0.39, 0.29) is 4.90 Å². The fraction of sp³-hybridized carbons (Fsp3) is 0.0909. The van der Waals surface area contributed by atoms with Gasteiger partial charge in [0, 0.05) is 11.9 Å². The number of sulfonamides is 1. The predicted octanol–water partition coefficient (Wildman–Crippen LogP) is 1.41. The van der Waals surface area contributed by atoms with Gasteiger partial charge in [-0.2, -0.15) is 5.10 Å². The quantitative estimate of drug-likeness (QED) is 0.447. The highest BCUT2D eigenvalue weighted by molar-refractivity contribution is 7.92. The molecule has 3 N–H and O–H groups in total. The Morgan fingerprint density at radius 3 is 2.58 bits per heavy atom. The highest BCUT2D eigenvalue weighted by Crippen LogP contribution is 2.15. The predicted molar refractivity (Wildman–Crippen MR) is 69.8 cm³/mol. The van der Waals surface area contributed by atoms with Crippen molar-refractivity contribution in [3.05, 3.63) is 42.2 Å². The van der Waals surface area contributed by atoms with E-state index < -0.39 is 10.0 Å². The molecule has 0 saturated carbocycles. The van der Waals surface area contributed by atoms with Gasteiger partial charge in [0.05, 0.1) is 11.9 Å². The summed E-state index contributed by atoms with van der Waals surface area (Å²) in [6, 6.07) is 6.48. The lowest BCUT2D eigenvalue weighted by Crippen LogP contribution is -2.12. The molecule has 0 aliphatic carbocycles. The van der Waals surface area contributed by atoms with Crippen LogP contribution in [0.2, 0.25) is 0 Å². The Morgan fingerprint density at radius 2 is 2.05 bits per heavy atom. The minimum Gasteiger partial charge on any atom is -0.411 e. The zero-order valence-electron chi connectivity index (χ0n) is 10.0. The van der Waals surface area contributed by atoms with Crippen molar-refractivity contribution in [2.45, 2.75) is 11.8 Å². The molecular weight excluding hydrogens is 268 g/mol. The number of anilines is 1. The number of aromatic amines is 1. The number of benzene rings is 1. The summed E-state index contributed by atoms with van der Waals surface area (Å²) in [5.74, 6) is 0. The maximum atomic E-state index is 11.9. The lowest BCUT2D eigenvalue weighted by Gasteiger charge is -2.06. The van der Waals surface area contributed by atoms with Crippen LogP contribution < -0.4 is 4.72 Å². The molecule has 0 radical (unpaired) electrons. The summed E-state index contributed by atoms with van der Waals surface area (Å²) in [5.41, 5.74) is 1.56. The smallest absolute Gasteiger partial charge is 0.265 e. The lowest BCUT2D eigenvalue weighted by molar-refractivity contribution is 0.319. The van der Waals surface area contributed by atoms with E-state index in [9.17, 15) is 8.42 Å². The van der Waals surface area contributed by atoms with Gasteiger partial charge in [0.1, 0.15) is 4.90 Å². The SMILES string of the molecule is C/C(=N\O)c1ccc(NS(=O)(=O)c2cn[nH]c2)cc1. The first-order chi connectivity index (χ1) is 9.03. The molecule has 2 rings (SSSR count). The van der Waals surface area contributed by atoms with Gasteiger partial charge in [0.15, 0.2) is 0 Å². The third kappa shape index (κ3) is 2.91. The van der Waals surface area contributed by atoms with Crippen LogP contribution in [-0.4, -0.2) is 29.5 Å². The van der Waals surface area contributed by atoms with Crippen molar-refractivity contribution in [3.63, 3.8) is 0 Å². The van der Waals surface area contributed by atoms with Gasteiger partial charge in [-0.15, -0.1) is 0 Å². The molecule has 7 nitrogen and oxygen atoms in total. The van der Waals surface area contributed by atoms with Gasteiger partial charge in [-0.1, -0.05) is 17.3 Å². The molecular formula is C11H12N4O3S. The molecule has 0 unspecified atom stereocenters. The van der Waals surface area contributed by atoms with E-state index in [2.05, 4.69) is 20.1 Å². The fourth-order valence-electron chi connectivity index (χ4n) is 1.44. The van der Waals surface area contributed by atoms with Gasteiger partial charge >= 0.3 is 0 Å². The first kappa shape index (κ1) is 13.1. The zero-order valence-corrected chi connectivity index (χ0v) is 10.8. The van der Waals surface area contributed by atoms with Gasteiger partial charge in [-0.3, -0.25) is 9.82 Å². The Bertz CT molecular complexity index is 675. The number of rotatable bonds is 4. The van der Waals surface area contributed by atoms with Crippen molar-refractivity contribution in [2.75, 3.05) is 4.72 Å². The molecule has 100 valence electrons. The molecule has 2 aromatic rings. The summed E-state index contributed by atoms with van der Waals surface area (Å²) in [7, 11) is -3.63. The second-order valence-corrected chi connectivity index (χ2v) is 5.48. The maximum absolute atomic E-state index is 11.9. The van der Waals surface area contributed by atoms with E-state index in [0.29, 0.717) is 17.0 Å². The van der Waals surface area contributed by atoms with Gasteiger partial charge in [-0.25, -0.2) is 8.42 Å². The third-order valence-corrected chi connectivity index (χ3v) is 3.84. The molecule has 0 amide bonds. The van der Waals surface area contributed by atoms with Crippen molar-refractivity contribution in [1.82, 2.24) is 10.2 Å². The van der Waals surface area contributed by atoms with Crippen LogP contribution in [0.25, 0.3) is 0 Å². The summed E-state index contributed by atoms with van der Waals surface area (Å²) in [5, 5.41) is 17.7. The number of nitrogens with zero attached hydrogens (tertiary/aromatic N) is 2. The van der Waals surface area contributed by atoms with Crippen molar-refractivity contribution < 1.29 is 13.6 Å². The van der Waals surface area contributed by atoms with Crippen LogP contribution in [0, 0.1) is 0 Å². The Balaban J connectivity index is 2.21. The lowest BCUT2D eigenvalue weighted by atomic mass is 10.1. The van der Waals surface area contributed by atoms with Crippen molar-refractivity contribution in [3.8, 4) is 0 Å². The topological polar surface area (TPSA) is 107 Å². The summed E-state index contributed by atoms with van der Waals surface area (Å²) < 4.78 is 26.2. The van der Waals surface area contributed by atoms with Crippen LogP contribution in [0.15, 0.2) is 46.7 Å². The molecule has 1 heterocycles. The molecule has 0 atom stereocenters. The normalized spacial score (nSPS) is 12.4. The summed E-state index contributed by atoms with van der Waals surface area (Å²) >= 11 is 0. The van der Waals surface area contributed by atoms with E-state index in [1.54, 1.807) is 31.2 Å². The largest absolute Gasteiger partial charge is 0.411 e. The van der Waals surface area contributed by atoms with E-state index in [1.807, 2.05) is 0 Å². The second kappa shape index (κ2) is 5.11. The van der Waals surface area contributed by atoms with Crippen molar-refractivity contribution >= 4 is 21.4 Å². The molecule has 0 aliphatic heterocycles. The molecule has 19 heavy (non-hydrogen) atoms. The number of aromatic nitrogens is 2. The van der Waals surface area contributed by atoms with Gasteiger partial charge in [-0.05, 0) is 24.6 Å². The summed E-state index contributed by atoms with van der Waals surface area (Å²) in [4.78, 5) is 0.0599. The fourth-order valence-corrected chi connectivity index (χ4v) is 2.40. The van der Waals surface area contributed by atoms with Crippen LogP contribution in [-0.2, 0) is 10.0 Å². The van der Waals surface area contributed by atoms with E-state index in [0.717, 1.165) is 0 Å².